The van der Waals surface area contributed by atoms with Crippen LogP contribution in [-0.4, -0.2) is 32.4 Å². The van der Waals surface area contributed by atoms with Crippen LogP contribution < -0.4 is 15.8 Å². The number of nitrogens with two attached hydrogens (primary N) is 1. The molecular weight excluding hydrogens is 292 g/mol. The minimum absolute atomic E-state index is 0.0769. The molecule has 8 heteroatoms. The third kappa shape index (κ3) is 3.53. The van der Waals surface area contributed by atoms with Gasteiger partial charge in [0, 0.05) is 29.3 Å². The Balaban J connectivity index is 2.18. The van der Waals surface area contributed by atoms with E-state index in [1.807, 2.05) is 6.92 Å². The predicted molar refractivity (Wildman–Crippen MR) is 81.2 cm³/mol. The summed E-state index contributed by atoms with van der Waals surface area (Å²) in [5.41, 5.74) is 6.82. The Kier molecular flexibility index (Phi) is 4.49. The highest BCUT2D eigenvalue weighted by Crippen LogP contribution is 2.24. The molecule has 1 heterocycles. The lowest BCUT2D eigenvalue weighted by atomic mass is 10.2. The van der Waals surface area contributed by atoms with Gasteiger partial charge in [-0.2, -0.15) is 0 Å². The summed E-state index contributed by atoms with van der Waals surface area (Å²) in [6.45, 7) is 2.14. The Morgan fingerprint density at radius 1 is 1.38 bits per heavy atom. The van der Waals surface area contributed by atoms with E-state index in [2.05, 4.69) is 15.0 Å². The summed E-state index contributed by atoms with van der Waals surface area (Å²) in [5.74, 6) is -0.361. The largest absolute Gasteiger partial charge is 0.399 e. The summed E-state index contributed by atoms with van der Waals surface area (Å²) in [7, 11) is -3.78. The average molecular weight is 310 g/mol. The zero-order valence-corrected chi connectivity index (χ0v) is 12.5. The maximum absolute atomic E-state index is 12.2. The number of amides is 1. The van der Waals surface area contributed by atoms with Crippen molar-refractivity contribution in [3.05, 3.63) is 24.4 Å². The molecule has 5 N–H and O–H groups in total. The Hall–Kier alpha value is -2.06. The van der Waals surface area contributed by atoms with Crippen molar-refractivity contribution in [2.45, 2.75) is 18.2 Å². The average Bonchev–Trinajstić information content (AvgIpc) is 2.86. The van der Waals surface area contributed by atoms with Crippen molar-refractivity contribution >= 4 is 32.5 Å². The summed E-state index contributed by atoms with van der Waals surface area (Å²) < 4.78 is 26.8. The van der Waals surface area contributed by atoms with Crippen LogP contribution in [0.25, 0.3) is 10.9 Å². The SMILES string of the molecule is CCCNC(=O)CNS(=O)(=O)c1c[nH]c2ccc(N)cc12. The predicted octanol–water partition coefficient (Wildman–Crippen LogP) is 0.555. The normalized spacial score (nSPS) is 11.7. The molecule has 0 unspecified atom stereocenters. The second-order valence-electron chi connectivity index (χ2n) is 4.63. The number of aromatic nitrogens is 1. The van der Waals surface area contributed by atoms with E-state index in [1.165, 1.54) is 6.20 Å². The van der Waals surface area contributed by atoms with Crippen molar-refractivity contribution in [2.24, 2.45) is 0 Å². The van der Waals surface area contributed by atoms with Crippen LogP contribution in [-0.2, 0) is 14.8 Å². The summed E-state index contributed by atoms with van der Waals surface area (Å²) in [6, 6.07) is 4.97. The first-order chi connectivity index (χ1) is 9.94. The number of nitrogen functional groups attached to an aromatic ring is 1. The summed E-state index contributed by atoms with van der Waals surface area (Å²) in [5, 5.41) is 3.10. The van der Waals surface area contributed by atoms with Crippen LogP contribution in [0.5, 0.6) is 0 Å². The van der Waals surface area contributed by atoms with E-state index in [1.54, 1.807) is 18.2 Å². The van der Waals surface area contributed by atoms with E-state index >= 15 is 0 Å². The fourth-order valence-corrected chi connectivity index (χ4v) is 3.05. The molecule has 1 amide bonds. The third-order valence-electron chi connectivity index (χ3n) is 2.95. The second-order valence-corrected chi connectivity index (χ2v) is 6.37. The lowest BCUT2D eigenvalue weighted by Crippen LogP contribution is -2.37. The third-order valence-corrected chi connectivity index (χ3v) is 4.39. The molecule has 0 aliphatic carbocycles. The van der Waals surface area contributed by atoms with Gasteiger partial charge in [-0.15, -0.1) is 0 Å². The molecule has 21 heavy (non-hydrogen) atoms. The molecule has 0 aliphatic heterocycles. The number of hydrogen-bond donors (Lipinski definition) is 4. The van der Waals surface area contributed by atoms with Crippen LogP contribution >= 0.6 is 0 Å². The van der Waals surface area contributed by atoms with Crippen LogP contribution in [0, 0.1) is 0 Å². The Morgan fingerprint density at radius 2 is 2.14 bits per heavy atom. The van der Waals surface area contributed by atoms with Gasteiger partial charge < -0.3 is 16.0 Å². The van der Waals surface area contributed by atoms with Gasteiger partial charge in [0.15, 0.2) is 0 Å². The first-order valence-corrected chi connectivity index (χ1v) is 8.05. The number of hydrogen-bond acceptors (Lipinski definition) is 4. The zero-order valence-electron chi connectivity index (χ0n) is 11.6. The molecular formula is C13H18N4O3S. The topological polar surface area (TPSA) is 117 Å². The molecule has 0 atom stereocenters. The van der Waals surface area contributed by atoms with Gasteiger partial charge in [-0.05, 0) is 24.6 Å². The minimum Gasteiger partial charge on any atom is -0.399 e. The molecule has 114 valence electrons. The van der Waals surface area contributed by atoms with Crippen molar-refractivity contribution in [3.63, 3.8) is 0 Å². The number of carbonyl (C=O) groups excluding carboxylic acids is 1. The molecule has 1 aromatic heterocycles. The maximum Gasteiger partial charge on any atom is 0.243 e. The highest BCUT2D eigenvalue weighted by molar-refractivity contribution is 7.89. The van der Waals surface area contributed by atoms with E-state index in [4.69, 9.17) is 5.73 Å². The van der Waals surface area contributed by atoms with Crippen molar-refractivity contribution in [2.75, 3.05) is 18.8 Å². The molecule has 2 rings (SSSR count). The summed E-state index contributed by atoms with van der Waals surface area (Å²) in [6.07, 6.45) is 2.18. The zero-order chi connectivity index (χ0) is 15.5. The lowest BCUT2D eigenvalue weighted by molar-refractivity contribution is -0.119. The molecule has 0 radical (unpaired) electrons. The monoisotopic (exact) mass is 310 g/mol. The molecule has 7 nitrogen and oxygen atoms in total. The first-order valence-electron chi connectivity index (χ1n) is 6.57. The van der Waals surface area contributed by atoms with Gasteiger partial charge in [-0.1, -0.05) is 6.92 Å². The molecule has 1 aromatic carbocycles. The van der Waals surface area contributed by atoms with Crippen LogP contribution in [0.2, 0.25) is 0 Å². The number of sulfonamides is 1. The standard InChI is InChI=1S/C13H18N4O3S/c1-2-5-15-13(18)8-17-21(19,20)12-7-16-11-4-3-9(14)6-10(11)12/h3-4,6-7,16-17H,2,5,8,14H2,1H3,(H,15,18). The molecule has 2 aromatic rings. The van der Waals surface area contributed by atoms with E-state index < -0.39 is 10.0 Å². The van der Waals surface area contributed by atoms with Crippen molar-refractivity contribution in [1.29, 1.82) is 0 Å². The van der Waals surface area contributed by atoms with Crippen LogP contribution in [0.15, 0.2) is 29.3 Å². The Morgan fingerprint density at radius 3 is 2.86 bits per heavy atom. The molecule has 0 bridgehead atoms. The molecule has 0 spiro atoms. The number of rotatable bonds is 6. The van der Waals surface area contributed by atoms with Crippen LogP contribution in [0.4, 0.5) is 5.69 Å². The summed E-state index contributed by atoms with van der Waals surface area (Å²) in [4.78, 5) is 14.4. The van der Waals surface area contributed by atoms with Gasteiger partial charge in [0.2, 0.25) is 15.9 Å². The fourth-order valence-electron chi connectivity index (χ4n) is 1.90. The first kappa shape index (κ1) is 15.3. The van der Waals surface area contributed by atoms with Crippen LogP contribution in [0.1, 0.15) is 13.3 Å². The van der Waals surface area contributed by atoms with E-state index in [9.17, 15) is 13.2 Å². The molecule has 0 saturated heterocycles. The van der Waals surface area contributed by atoms with Gasteiger partial charge in [-0.25, -0.2) is 13.1 Å². The van der Waals surface area contributed by atoms with E-state index in [0.29, 0.717) is 23.1 Å². The number of fused-ring (bicyclic) bond motifs is 1. The number of nitrogens with one attached hydrogen (secondary N) is 3. The van der Waals surface area contributed by atoms with Gasteiger partial charge >= 0.3 is 0 Å². The number of H-pyrrole nitrogens is 1. The number of carbonyl (C=O) groups is 1. The van der Waals surface area contributed by atoms with Gasteiger partial charge in [0.25, 0.3) is 0 Å². The Bertz CT molecular complexity index is 752. The number of benzene rings is 1. The van der Waals surface area contributed by atoms with Crippen LogP contribution in [0.3, 0.4) is 0 Å². The van der Waals surface area contributed by atoms with E-state index in [-0.39, 0.29) is 17.3 Å². The molecule has 0 aliphatic rings. The molecule has 0 saturated carbocycles. The van der Waals surface area contributed by atoms with Crippen molar-refractivity contribution < 1.29 is 13.2 Å². The number of anilines is 1. The highest BCUT2D eigenvalue weighted by atomic mass is 32.2. The van der Waals surface area contributed by atoms with Crippen molar-refractivity contribution in [1.82, 2.24) is 15.0 Å². The smallest absolute Gasteiger partial charge is 0.243 e. The van der Waals surface area contributed by atoms with Gasteiger partial charge in [0.1, 0.15) is 4.90 Å². The second kappa shape index (κ2) is 6.15. The quantitative estimate of drug-likeness (QED) is 0.583. The Labute approximate surface area is 123 Å². The lowest BCUT2D eigenvalue weighted by Gasteiger charge is -2.06. The molecule has 0 fully saturated rings. The highest BCUT2D eigenvalue weighted by Gasteiger charge is 2.19. The fraction of sp³-hybridized carbons (Fsp3) is 0.308. The number of aromatic amines is 1. The maximum atomic E-state index is 12.2. The van der Waals surface area contributed by atoms with Gasteiger partial charge in [-0.3, -0.25) is 4.79 Å². The van der Waals surface area contributed by atoms with Gasteiger partial charge in [0.05, 0.1) is 6.54 Å². The summed E-state index contributed by atoms with van der Waals surface area (Å²) >= 11 is 0. The van der Waals surface area contributed by atoms with Crippen molar-refractivity contribution in [3.8, 4) is 0 Å². The van der Waals surface area contributed by atoms with E-state index in [0.717, 1.165) is 6.42 Å². The minimum atomic E-state index is -3.78.